The summed E-state index contributed by atoms with van der Waals surface area (Å²) in [5.74, 6) is 1.42. The standard InChI is InChI=1S/C18H19N3O3S/c1-11(17(22)19-12-4-6-13(23-2)7-5-12)25-18-20-15-9-8-14(24-3)10-16(15)21-18/h4-11H,1-3H3,(H,19,22)(H,20,21). The van der Waals surface area contributed by atoms with E-state index in [4.69, 9.17) is 9.47 Å². The van der Waals surface area contributed by atoms with Crippen LogP contribution in [0.15, 0.2) is 47.6 Å². The number of aromatic nitrogens is 2. The van der Waals surface area contributed by atoms with Crippen LogP contribution in [0.3, 0.4) is 0 Å². The minimum atomic E-state index is -0.301. The predicted octanol–water partition coefficient (Wildman–Crippen LogP) is 3.70. The Morgan fingerprint density at radius 3 is 2.48 bits per heavy atom. The summed E-state index contributed by atoms with van der Waals surface area (Å²) in [5.41, 5.74) is 2.45. The fourth-order valence-corrected chi connectivity index (χ4v) is 3.11. The largest absolute Gasteiger partial charge is 0.497 e. The average Bonchev–Trinajstić information content (AvgIpc) is 3.03. The number of H-pyrrole nitrogens is 1. The van der Waals surface area contributed by atoms with Gasteiger partial charge in [0.2, 0.25) is 5.91 Å². The second-order valence-corrected chi connectivity index (χ2v) is 6.73. The molecule has 1 atom stereocenters. The molecule has 1 unspecified atom stereocenters. The van der Waals surface area contributed by atoms with Crippen LogP contribution >= 0.6 is 11.8 Å². The first-order valence-corrected chi connectivity index (χ1v) is 8.62. The Morgan fingerprint density at radius 1 is 1.12 bits per heavy atom. The van der Waals surface area contributed by atoms with Crippen LogP contribution in [0.2, 0.25) is 0 Å². The van der Waals surface area contributed by atoms with Crippen molar-refractivity contribution in [2.75, 3.05) is 19.5 Å². The van der Waals surface area contributed by atoms with Crippen molar-refractivity contribution in [3.05, 3.63) is 42.5 Å². The number of carbonyl (C=O) groups is 1. The molecule has 2 N–H and O–H groups in total. The predicted molar refractivity (Wildman–Crippen MR) is 99.6 cm³/mol. The van der Waals surface area contributed by atoms with E-state index in [9.17, 15) is 4.79 Å². The highest BCUT2D eigenvalue weighted by Crippen LogP contribution is 2.26. The zero-order valence-corrected chi connectivity index (χ0v) is 15.0. The number of anilines is 1. The van der Waals surface area contributed by atoms with Crippen molar-refractivity contribution in [1.29, 1.82) is 0 Å². The van der Waals surface area contributed by atoms with Gasteiger partial charge in [-0.2, -0.15) is 0 Å². The van der Waals surface area contributed by atoms with Crippen molar-refractivity contribution in [3.63, 3.8) is 0 Å². The van der Waals surface area contributed by atoms with Gasteiger partial charge in [0.25, 0.3) is 0 Å². The SMILES string of the molecule is COc1ccc(NC(=O)C(C)Sc2nc3ccc(OC)cc3[nH]2)cc1. The summed E-state index contributed by atoms with van der Waals surface area (Å²) >= 11 is 1.37. The maximum Gasteiger partial charge on any atom is 0.237 e. The Morgan fingerprint density at radius 2 is 1.80 bits per heavy atom. The molecule has 7 heteroatoms. The highest BCUT2D eigenvalue weighted by atomic mass is 32.2. The summed E-state index contributed by atoms with van der Waals surface area (Å²) in [6, 6.07) is 12.9. The molecular weight excluding hydrogens is 338 g/mol. The highest BCUT2D eigenvalue weighted by molar-refractivity contribution is 8.00. The van der Waals surface area contributed by atoms with E-state index in [1.54, 1.807) is 26.4 Å². The summed E-state index contributed by atoms with van der Waals surface area (Å²) in [4.78, 5) is 20.1. The lowest BCUT2D eigenvalue weighted by Crippen LogP contribution is -2.22. The van der Waals surface area contributed by atoms with Gasteiger partial charge in [-0.3, -0.25) is 4.79 Å². The molecule has 0 fully saturated rings. The lowest BCUT2D eigenvalue weighted by molar-refractivity contribution is -0.115. The van der Waals surface area contributed by atoms with Crippen molar-refractivity contribution in [3.8, 4) is 11.5 Å². The highest BCUT2D eigenvalue weighted by Gasteiger charge is 2.17. The van der Waals surface area contributed by atoms with Crippen LogP contribution in [0.1, 0.15) is 6.92 Å². The van der Waals surface area contributed by atoms with Crippen LogP contribution in [0, 0.1) is 0 Å². The second kappa shape index (κ2) is 7.48. The molecule has 2 aromatic carbocycles. The molecule has 0 aliphatic carbocycles. The Balaban J connectivity index is 1.66. The van der Waals surface area contributed by atoms with E-state index in [0.717, 1.165) is 28.2 Å². The normalized spacial score (nSPS) is 12.0. The third kappa shape index (κ3) is 4.06. The zero-order valence-electron chi connectivity index (χ0n) is 14.2. The lowest BCUT2D eigenvalue weighted by atomic mass is 10.3. The molecule has 0 aliphatic heterocycles. The van der Waals surface area contributed by atoms with E-state index < -0.39 is 0 Å². The minimum Gasteiger partial charge on any atom is -0.497 e. The van der Waals surface area contributed by atoms with Gasteiger partial charge in [-0.05, 0) is 43.3 Å². The second-order valence-electron chi connectivity index (χ2n) is 5.40. The molecule has 1 aromatic heterocycles. The van der Waals surface area contributed by atoms with Crippen LogP contribution < -0.4 is 14.8 Å². The van der Waals surface area contributed by atoms with Crippen LogP contribution in [0.4, 0.5) is 5.69 Å². The van der Waals surface area contributed by atoms with E-state index in [2.05, 4.69) is 15.3 Å². The van der Waals surface area contributed by atoms with Crippen LogP contribution in [-0.4, -0.2) is 35.3 Å². The van der Waals surface area contributed by atoms with E-state index in [1.807, 2.05) is 37.3 Å². The third-order valence-corrected chi connectivity index (χ3v) is 4.67. The number of nitrogens with zero attached hydrogens (tertiary/aromatic N) is 1. The summed E-state index contributed by atoms with van der Waals surface area (Å²) in [6.45, 7) is 1.84. The first-order valence-electron chi connectivity index (χ1n) is 7.74. The third-order valence-electron chi connectivity index (χ3n) is 3.68. The Hall–Kier alpha value is -2.67. The van der Waals surface area contributed by atoms with Gasteiger partial charge in [-0.25, -0.2) is 4.98 Å². The molecule has 130 valence electrons. The smallest absolute Gasteiger partial charge is 0.237 e. The van der Waals surface area contributed by atoms with E-state index in [1.165, 1.54) is 11.8 Å². The molecule has 3 rings (SSSR count). The molecule has 0 aliphatic rings. The van der Waals surface area contributed by atoms with Gasteiger partial charge in [-0.1, -0.05) is 11.8 Å². The number of methoxy groups -OCH3 is 2. The summed E-state index contributed by atoms with van der Waals surface area (Å²) in [7, 11) is 3.23. The molecule has 1 heterocycles. The molecule has 0 spiro atoms. The number of fused-ring (bicyclic) bond motifs is 1. The Bertz CT molecular complexity index is 877. The van der Waals surface area contributed by atoms with Crippen molar-refractivity contribution in [2.45, 2.75) is 17.3 Å². The van der Waals surface area contributed by atoms with Gasteiger partial charge in [0.15, 0.2) is 5.16 Å². The molecule has 1 amide bonds. The first kappa shape index (κ1) is 17.2. The number of hydrogen-bond donors (Lipinski definition) is 2. The van der Waals surface area contributed by atoms with Gasteiger partial charge in [0.05, 0.1) is 30.5 Å². The molecule has 6 nitrogen and oxygen atoms in total. The quantitative estimate of drug-likeness (QED) is 0.658. The van der Waals surface area contributed by atoms with Crippen molar-refractivity contribution < 1.29 is 14.3 Å². The molecule has 0 saturated carbocycles. The molecule has 3 aromatic rings. The maximum absolute atomic E-state index is 12.4. The van der Waals surface area contributed by atoms with Crippen LogP contribution in [0.25, 0.3) is 11.0 Å². The molecule has 0 bridgehead atoms. The number of nitrogens with one attached hydrogen (secondary N) is 2. The number of carbonyl (C=O) groups excluding carboxylic acids is 1. The van der Waals surface area contributed by atoms with Gasteiger partial charge in [0, 0.05) is 11.8 Å². The van der Waals surface area contributed by atoms with E-state index in [0.29, 0.717) is 5.16 Å². The molecule has 0 saturated heterocycles. The number of hydrogen-bond acceptors (Lipinski definition) is 5. The first-order chi connectivity index (χ1) is 12.1. The van der Waals surface area contributed by atoms with Crippen LogP contribution in [-0.2, 0) is 4.79 Å². The fourth-order valence-electron chi connectivity index (χ4n) is 2.29. The zero-order chi connectivity index (χ0) is 17.8. The number of rotatable bonds is 6. The maximum atomic E-state index is 12.4. The van der Waals surface area contributed by atoms with Crippen molar-refractivity contribution in [2.24, 2.45) is 0 Å². The minimum absolute atomic E-state index is 0.0896. The van der Waals surface area contributed by atoms with E-state index in [-0.39, 0.29) is 11.2 Å². The number of imidazole rings is 1. The molecule has 0 radical (unpaired) electrons. The van der Waals surface area contributed by atoms with Crippen LogP contribution in [0.5, 0.6) is 11.5 Å². The average molecular weight is 357 g/mol. The Kier molecular flexibility index (Phi) is 5.14. The van der Waals surface area contributed by atoms with Gasteiger partial charge < -0.3 is 19.8 Å². The number of thioether (sulfide) groups is 1. The summed E-state index contributed by atoms with van der Waals surface area (Å²) in [6.07, 6.45) is 0. The summed E-state index contributed by atoms with van der Waals surface area (Å²) < 4.78 is 10.3. The molecule has 25 heavy (non-hydrogen) atoms. The van der Waals surface area contributed by atoms with Crippen molar-refractivity contribution in [1.82, 2.24) is 9.97 Å². The number of aromatic amines is 1. The fraction of sp³-hybridized carbons (Fsp3) is 0.222. The monoisotopic (exact) mass is 357 g/mol. The van der Waals surface area contributed by atoms with Crippen molar-refractivity contribution >= 4 is 34.4 Å². The van der Waals surface area contributed by atoms with Gasteiger partial charge >= 0.3 is 0 Å². The lowest BCUT2D eigenvalue weighted by Gasteiger charge is -2.11. The van der Waals surface area contributed by atoms with Gasteiger partial charge in [0.1, 0.15) is 11.5 Å². The number of benzene rings is 2. The number of amides is 1. The molecular formula is C18H19N3O3S. The van der Waals surface area contributed by atoms with E-state index >= 15 is 0 Å². The topological polar surface area (TPSA) is 76.2 Å². The Labute approximate surface area is 149 Å². The number of ether oxygens (including phenoxy) is 2. The van der Waals surface area contributed by atoms with Gasteiger partial charge in [-0.15, -0.1) is 0 Å². The summed E-state index contributed by atoms with van der Waals surface area (Å²) in [5, 5.41) is 3.28.